The Bertz CT molecular complexity index is 596. The Hall–Kier alpha value is -1.35. The maximum atomic E-state index is 12.6. The number of hydrogen-bond acceptors (Lipinski definition) is 4. The average Bonchev–Trinajstić information content (AvgIpc) is 2.37. The molecule has 1 aromatic rings. The zero-order valence-electron chi connectivity index (χ0n) is 11.4. The maximum Gasteiger partial charge on any atom is 0.433 e. The van der Waals surface area contributed by atoms with E-state index >= 15 is 0 Å². The molecule has 0 amide bonds. The van der Waals surface area contributed by atoms with E-state index in [4.69, 9.17) is 0 Å². The Kier molecular flexibility index (Phi) is 4.43. The van der Waals surface area contributed by atoms with Crippen LogP contribution in [0.2, 0.25) is 0 Å². The van der Waals surface area contributed by atoms with Gasteiger partial charge in [0.1, 0.15) is 11.5 Å². The standard InChI is InChI=1S/C12H16F3N3O2S/c1-21(19,20)17-9-5-7-18(8-6-9)11-4-2-3-10(16-11)12(13,14)15/h2-4,9,17H,5-8H2,1H3. The summed E-state index contributed by atoms with van der Waals surface area (Å²) in [7, 11) is -3.26. The Morgan fingerprint density at radius 1 is 1.29 bits per heavy atom. The number of nitrogens with one attached hydrogen (secondary N) is 1. The van der Waals surface area contributed by atoms with Crippen LogP contribution in [0.3, 0.4) is 0 Å². The van der Waals surface area contributed by atoms with Crippen molar-refractivity contribution in [1.82, 2.24) is 9.71 Å². The van der Waals surface area contributed by atoms with Crippen LogP contribution in [-0.4, -0.2) is 38.8 Å². The lowest BCUT2D eigenvalue weighted by Crippen LogP contribution is -2.44. The van der Waals surface area contributed by atoms with E-state index in [1.54, 1.807) is 4.90 Å². The number of alkyl halides is 3. The summed E-state index contributed by atoms with van der Waals surface area (Å²) in [6.45, 7) is 0.920. The summed E-state index contributed by atoms with van der Waals surface area (Å²) in [5.74, 6) is 0.266. The first-order valence-corrected chi connectivity index (χ1v) is 8.31. The molecule has 1 aromatic heterocycles. The molecule has 1 saturated heterocycles. The monoisotopic (exact) mass is 323 g/mol. The van der Waals surface area contributed by atoms with Crippen LogP contribution in [0, 0.1) is 0 Å². The van der Waals surface area contributed by atoms with Crippen LogP contribution in [-0.2, 0) is 16.2 Å². The van der Waals surface area contributed by atoms with Gasteiger partial charge in [0.25, 0.3) is 0 Å². The van der Waals surface area contributed by atoms with E-state index in [1.807, 2.05) is 0 Å². The van der Waals surface area contributed by atoms with Crippen molar-refractivity contribution in [3.63, 3.8) is 0 Å². The minimum Gasteiger partial charge on any atom is -0.356 e. The third-order valence-corrected chi connectivity index (χ3v) is 3.99. The molecule has 2 heterocycles. The molecule has 9 heteroatoms. The molecule has 21 heavy (non-hydrogen) atoms. The molecule has 0 aliphatic carbocycles. The molecule has 1 N–H and O–H groups in total. The quantitative estimate of drug-likeness (QED) is 0.918. The lowest BCUT2D eigenvalue weighted by atomic mass is 10.1. The SMILES string of the molecule is CS(=O)(=O)NC1CCN(c2cccc(C(F)(F)F)n2)CC1. The average molecular weight is 323 g/mol. The van der Waals surface area contributed by atoms with E-state index in [-0.39, 0.29) is 11.9 Å². The fourth-order valence-corrected chi connectivity index (χ4v) is 3.13. The molecular formula is C12H16F3N3O2S. The molecule has 1 fully saturated rings. The first-order chi connectivity index (χ1) is 9.65. The van der Waals surface area contributed by atoms with Gasteiger partial charge in [0.05, 0.1) is 6.26 Å². The van der Waals surface area contributed by atoms with Gasteiger partial charge >= 0.3 is 6.18 Å². The van der Waals surface area contributed by atoms with Gasteiger partial charge in [-0.1, -0.05) is 6.07 Å². The molecule has 0 unspecified atom stereocenters. The van der Waals surface area contributed by atoms with Gasteiger partial charge in [0.15, 0.2) is 0 Å². The van der Waals surface area contributed by atoms with Gasteiger partial charge in [-0.25, -0.2) is 18.1 Å². The van der Waals surface area contributed by atoms with Crippen molar-refractivity contribution in [1.29, 1.82) is 0 Å². The van der Waals surface area contributed by atoms with Gasteiger partial charge in [-0.15, -0.1) is 0 Å². The molecule has 0 atom stereocenters. The predicted molar refractivity (Wildman–Crippen MR) is 72.5 cm³/mol. The highest BCUT2D eigenvalue weighted by Crippen LogP contribution is 2.29. The van der Waals surface area contributed by atoms with Crippen LogP contribution in [0.15, 0.2) is 18.2 Å². The molecule has 0 aromatic carbocycles. The normalized spacial score (nSPS) is 18.0. The number of nitrogens with zero attached hydrogens (tertiary/aromatic N) is 2. The van der Waals surface area contributed by atoms with E-state index in [2.05, 4.69) is 9.71 Å². The number of pyridine rings is 1. The van der Waals surface area contributed by atoms with Crippen molar-refractivity contribution >= 4 is 15.8 Å². The van der Waals surface area contributed by atoms with E-state index in [0.29, 0.717) is 25.9 Å². The van der Waals surface area contributed by atoms with Gasteiger partial charge in [0, 0.05) is 19.1 Å². The summed E-state index contributed by atoms with van der Waals surface area (Å²) < 4.78 is 62.7. The molecule has 1 aliphatic rings. The predicted octanol–water partition coefficient (Wildman–Crippen LogP) is 1.62. The van der Waals surface area contributed by atoms with Crippen molar-refractivity contribution < 1.29 is 21.6 Å². The molecule has 0 radical (unpaired) electrons. The van der Waals surface area contributed by atoms with Gasteiger partial charge < -0.3 is 4.90 Å². The Morgan fingerprint density at radius 2 is 1.90 bits per heavy atom. The second-order valence-electron chi connectivity index (χ2n) is 5.03. The van der Waals surface area contributed by atoms with Gasteiger partial charge in [-0.05, 0) is 25.0 Å². The fraction of sp³-hybridized carbons (Fsp3) is 0.583. The maximum absolute atomic E-state index is 12.6. The first kappa shape index (κ1) is 16.0. The second kappa shape index (κ2) is 5.80. The Balaban J connectivity index is 2.03. The minimum absolute atomic E-state index is 0.179. The summed E-state index contributed by atoms with van der Waals surface area (Å²) in [6, 6.07) is 3.61. The lowest BCUT2D eigenvalue weighted by molar-refractivity contribution is -0.141. The summed E-state index contributed by atoms with van der Waals surface area (Å²) in [4.78, 5) is 5.36. The van der Waals surface area contributed by atoms with Crippen LogP contribution in [0.5, 0.6) is 0 Å². The Labute approximate surface area is 121 Å². The number of halogens is 3. The molecule has 1 aliphatic heterocycles. The number of sulfonamides is 1. The number of aromatic nitrogens is 1. The number of anilines is 1. The third kappa shape index (κ3) is 4.57. The summed E-state index contributed by atoms with van der Waals surface area (Å²) in [5.41, 5.74) is -0.920. The van der Waals surface area contributed by atoms with Gasteiger partial charge in [0.2, 0.25) is 10.0 Å². The minimum atomic E-state index is -4.47. The largest absolute Gasteiger partial charge is 0.433 e. The van der Waals surface area contributed by atoms with Crippen LogP contribution in [0.25, 0.3) is 0 Å². The van der Waals surface area contributed by atoms with Crippen molar-refractivity contribution in [2.24, 2.45) is 0 Å². The number of rotatable bonds is 3. The van der Waals surface area contributed by atoms with Crippen LogP contribution in [0.1, 0.15) is 18.5 Å². The lowest BCUT2D eigenvalue weighted by Gasteiger charge is -2.33. The zero-order chi connectivity index (χ0) is 15.7. The van der Waals surface area contributed by atoms with Crippen molar-refractivity contribution in [3.05, 3.63) is 23.9 Å². The fourth-order valence-electron chi connectivity index (χ4n) is 2.29. The Morgan fingerprint density at radius 3 is 2.43 bits per heavy atom. The van der Waals surface area contributed by atoms with Crippen LogP contribution in [0.4, 0.5) is 19.0 Å². The molecule has 0 bridgehead atoms. The number of piperidine rings is 1. The molecule has 0 spiro atoms. The van der Waals surface area contributed by atoms with Crippen molar-refractivity contribution in [2.45, 2.75) is 25.1 Å². The molecule has 118 valence electrons. The van der Waals surface area contributed by atoms with Crippen molar-refractivity contribution in [3.8, 4) is 0 Å². The molecular weight excluding hydrogens is 307 g/mol. The highest BCUT2D eigenvalue weighted by Gasteiger charge is 2.33. The van der Waals surface area contributed by atoms with Crippen molar-refractivity contribution in [2.75, 3.05) is 24.2 Å². The molecule has 2 rings (SSSR count). The summed E-state index contributed by atoms with van der Waals surface area (Å²) in [5, 5.41) is 0. The smallest absolute Gasteiger partial charge is 0.356 e. The van der Waals surface area contributed by atoms with E-state index in [0.717, 1.165) is 12.3 Å². The highest BCUT2D eigenvalue weighted by molar-refractivity contribution is 7.88. The first-order valence-electron chi connectivity index (χ1n) is 6.42. The number of hydrogen-bond donors (Lipinski definition) is 1. The summed E-state index contributed by atoms with van der Waals surface area (Å²) in [6.07, 6.45) is -2.31. The van der Waals surface area contributed by atoms with E-state index in [9.17, 15) is 21.6 Å². The third-order valence-electron chi connectivity index (χ3n) is 3.22. The van der Waals surface area contributed by atoms with Crippen LogP contribution < -0.4 is 9.62 Å². The topological polar surface area (TPSA) is 62.3 Å². The van der Waals surface area contributed by atoms with Gasteiger partial charge in [-0.2, -0.15) is 13.2 Å². The zero-order valence-corrected chi connectivity index (χ0v) is 12.2. The molecule has 5 nitrogen and oxygen atoms in total. The molecule has 0 saturated carbocycles. The second-order valence-corrected chi connectivity index (χ2v) is 6.81. The van der Waals surface area contributed by atoms with Gasteiger partial charge in [-0.3, -0.25) is 0 Å². The van der Waals surface area contributed by atoms with Crippen LogP contribution >= 0.6 is 0 Å². The summed E-state index contributed by atoms with van der Waals surface area (Å²) >= 11 is 0. The highest BCUT2D eigenvalue weighted by atomic mass is 32.2. The van der Waals surface area contributed by atoms with E-state index in [1.165, 1.54) is 12.1 Å². The van der Waals surface area contributed by atoms with E-state index < -0.39 is 21.9 Å².